The molecule has 0 unspecified atom stereocenters. The van der Waals surface area contributed by atoms with Crippen LogP contribution in [0.25, 0.3) is 11.0 Å². The van der Waals surface area contributed by atoms with Crippen molar-refractivity contribution in [2.45, 2.75) is 6.42 Å². The smallest absolute Gasteiger partial charge is 0.271 e. The molecular formula is C25H24N4O4. The van der Waals surface area contributed by atoms with Gasteiger partial charge in [-0.05, 0) is 53.6 Å². The molecule has 0 spiro atoms. The SMILES string of the molecule is COc1cccc(/C=N\NC(=O)c2ccc3nc(Cc4ccc(OC)c(OC)c4)[nH]c3c2)c1. The van der Waals surface area contributed by atoms with Gasteiger partial charge in [0.1, 0.15) is 11.6 Å². The van der Waals surface area contributed by atoms with Crippen LogP contribution in [0.2, 0.25) is 0 Å². The first-order chi connectivity index (χ1) is 16.1. The fourth-order valence-corrected chi connectivity index (χ4v) is 3.42. The minimum absolute atomic E-state index is 0.313. The maximum atomic E-state index is 12.5. The average Bonchev–Trinajstić information content (AvgIpc) is 3.25. The van der Waals surface area contributed by atoms with Crippen LogP contribution in [0, 0.1) is 0 Å². The summed E-state index contributed by atoms with van der Waals surface area (Å²) >= 11 is 0. The molecule has 1 heterocycles. The van der Waals surface area contributed by atoms with Gasteiger partial charge in [0.2, 0.25) is 0 Å². The molecule has 4 aromatic rings. The number of methoxy groups -OCH3 is 3. The van der Waals surface area contributed by atoms with E-state index in [4.69, 9.17) is 14.2 Å². The van der Waals surface area contributed by atoms with Gasteiger partial charge in [0.25, 0.3) is 5.91 Å². The zero-order valence-corrected chi connectivity index (χ0v) is 18.6. The Hall–Kier alpha value is -4.33. The average molecular weight is 444 g/mol. The topological polar surface area (TPSA) is 97.8 Å². The van der Waals surface area contributed by atoms with E-state index in [1.54, 1.807) is 39.7 Å². The van der Waals surface area contributed by atoms with Crippen LogP contribution in [-0.4, -0.2) is 43.4 Å². The van der Waals surface area contributed by atoms with E-state index >= 15 is 0 Å². The lowest BCUT2D eigenvalue weighted by Crippen LogP contribution is -2.17. The number of aromatic amines is 1. The lowest BCUT2D eigenvalue weighted by atomic mass is 10.1. The number of aromatic nitrogens is 2. The van der Waals surface area contributed by atoms with Gasteiger partial charge in [0.05, 0.1) is 38.6 Å². The predicted octanol–water partition coefficient (Wildman–Crippen LogP) is 3.94. The summed E-state index contributed by atoms with van der Waals surface area (Å²) in [6.45, 7) is 0. The number of hydrogen-bond acceptors (Lipinski definition) is 6. The highest BCUT2D eigenvalue weighted by atomic mass is 16.5. The van der Waals surface area contributed by atoms with Crippen molar-refractivity contribution in [2.24, 2.45) is 5.10 Å². The first-order valence-electron chi connectivity index (χ1n) is 10.3. The summed E-state index contributed by atoms with van der Waals surface area (Å²) in [5.74, 6) is 2.53. The van der Waals surface area contributed by atoms with Gasteiger partial charge in [-0.1, -0.05) is 18.2 Å². The third kappa shape index (κ3) is 5.12. The van der Waals surface area contributed by atoms with Crippen LogP contribution < -0.4 is 19.6 Å². The zero-order valence-electron chi connectivity index (χ0n) is 18.6. The number of carbonyl (C=O) groups excluding carboxylic acids is 1. The third-order valence-electron chi connectivity index (χ3n) is 5.09. The van der Waals surface area contributed by atoms with Crippen molar-refractivity contribution in [1.29, 1.82) is 0 Å². The summed E-state index contributed by atoms with van der Waals surface area (Å²) < 4.78 is 15.8. The molecule has 0 aliphatic rings. The predicted molar refractivity (Wildman–Crippen MR) is 126 cm³/mol. The van der Waals surface area contributed by atoms with E-state index in [2.05, 4.69) is 20.5 Å². The van der Waals surface area contributed by atoms with Crippen molar-refractivity contribution >= 4 is 23.2 Å². The molecule has 8 heteroatoms. The number of nitrogens with one attached hydrogen (secondary N) is 2. The monoisotopic (exact) mass is 444 g/mol. The summed E-state index contributed by atoms with van der Waals surface area (Å²) in [6, 6.07) is 18.4. The molecule has 0 aliphatic carbocycles. The summed E-state index contributed by atoms with van der Waals surface area (Å²) in [5, 5.41) is 4.04. The molecule has 0 atom stereocenters. The Bertz CT molecular complexity index is 1310. The van der Waals surface area contributed by atoms with Crippen LogP contribution in [0.3, 0.4) is 0 Å². The molecule has 0 bridgehead atoms. The van der Waals surface area contributed by atoms with Crippen molar-refractivity contribution in [1.82, 2.24) is 15.4 Å². The number of hydrogen-bond donors (Lipinski definition) is 2. The van der Waals surface area contributed by atoms with E-state index in [0.717, 1.165) is 33.7 Å². The first kappa shape index (κ1) is 21.9. The molecule has 4 rings (SSSR count). The molecule has 168 valence electrons. The van der Waals surface area contributed by atoms with Gasteiger partial charge in [-0.15, -0.1) is 0 Å². The van der Waals surface area contributed by atoms with E-state index < -0.39 is 0 Å². The summed E-state index contributed by atoms with van der Waals surface area (Å²) in [4.78, 5) is 20.4. The maximum Gasteiger partial charge on any atom is 0.271 e. The fraction of sp³-hybridized carbons (Fsp3) is 0.160. The van der Waals surface area contributed by atoms with Gasteiger partial charge in [-0.2, -0.15) is 5.10 Å². The van der Waals surface area contributed by atoms with Gasteiger partial charge in [-0.25, -0.2) is 10.4 Å². The van der Waals surface area contributed by atoms with E-state index in [9.17, 15) is 4.79 Å². The van der Waals surface area contributed by atoms with E-state index in [-0.39, 0.29) is 5.91 Å². The van der Waals surface area contributed by atoms with Gasteiger partial charge in [-0.3, -0.25) is 4.79 Å². The van der Waals surface area contributed by atoms with E-state index in [0.29, 0.717) is 23.5 Å². The van der Waals surface area contributed by atoms with Crippen molar-refractivity contribution < 1.29 is 19.0 Å². The number of rotatable bonds is 8. The number of nitrogens with zero attached hydrogens (tertiary/aromatic N) is 2. The number of fused-ring (bicyclic) bond motifs is 1. The fourth-order valence-electron chi connectivity index (χ4n) is 3.42. The Morgan fingerprint density at radius 1 is 1.00 bits per heavy atom. The molecule has 1 aromatic heterocycles. The Morgan fingerprint density at radius 3 is 2.64 bits per heavy atom. The molecule has 2 N–H and O–H groups in total. The number of amides is 1. The summed E-state index contributed by atoms with van der Waals surface area (Å²) in [7, 11) is 4.81. The van der Waals surface area contributed by atoms with Gasteiger partial charge in [0.15, 0.2) is 11.5 Å². The number of hydrazone groups is 1. The minimum Gasteiger partial charge on any atom is -0.497 e. The van der Waals surface area contributed by atoms with E-state index in [1.807, 2.05) is 48.5 Å². The van der Waals surface area contributed by atoms with Crippen molar-refractivity contribution in [3.8, 4) is 17.2 Å². The highest BCUT2D eigenvalue weighted by Crippen LogP contribution is 2.28. The normalized spacial score (nSPS) is 11.0. The Kier molecular flexibility index (Phi) is 6.54. The van der Waals surface area contributed by atoms with Crippen LogP contribution >= 0.6 is 0 Å². The first-order valence-corrected chi connectivity index (χ1v) is 10.3. The molecule has 3 aromatic carbocycles. The molecule has 8 nitrogen and oxygen atoms in total. The second-order valence-electron chi connectivity index (χ2n) is 7.26. The van der Waals surface area contributed by atoms with Crippen LogP contribution in [-0.2, 0) is 6.42 Å². The number of imidazole rings is 1. The lowest BCUT2D eigenvalue weighted by molar-refractivity contribution is 0.0955. The molecule has 33 heavy (non-hydrogen) atoms. The van der Waals surface area contributed by atoms with Crippen molar-refractivity contribution in [3.05, 3.63) is 83.2 Å². The molecule has 0 radical (unpaired) electrons. The molecular weight excluding hydrogens is 420 g/mol. The quantitative estimate of drug-likeness (QED) is 0.317. The Balaban J connectivity index is 1.46. The van der Waals surface area contributed by atoms with Gasteiger partial charge < -0.3 is 19.2 Å². The number of carbonyl (C=O) groups is 1. The highest BCUT2D eigenvalue weighted by Gasteiger charge is 2.11. The van der Waals surface area contributed by atoms with Crippen LogP contribution in [0.4, 0.5) is 0 Å². The Labute approximate surface area is 191 Å². The standard InChI is InChI=1S/C25H24N4O4/c1-31-19-6-4-5-17(11-19)15-26-29-25(30)18-8-9-20-21(14-18)28-24(27-20)13-16-7-10-22(32-2)23(12-16)33-3/h4-12,14-15H,13H2,1-3H3,(H,27,28)(H,29,30)/b26-15-. The molecule has 1 amide bonds. The number of benzene rings is 3. The number of H-pyrrole nitrogens is 1. The van der Waals surface area contributed by atoms with Crippen LogP contribution in [0.15, 0.2) is 65.8 Å². The maximum absolute atomic E-state index is 12.5. The third-order valence-corrected chi connectivity index (χ3v) is 5.09. The van der Waals surface area contributed by atoms with E-state index in [1.165, 1.54) is 0 Å². The van der Waals surface area contributed by atoms with Crippen molar-refractivity contribution in [3.63, 3.8) is 0 Å². The highest BCUT2D eigenvalue weighted by molar-refractivity contribution is 5.97. The van der Waals surface area contributed by atoms with Crippen molar-refractivity contribution in [2.75, 3.05) is 21.3 Å². The summed E-state index contributed by atoms with van der Waals surface area (Å²) in [6.07, 6.45) is 2.15. The molecule has 0 fully saturated rings. The lowest BCUT2D eigenvalue weighted by Gasteiger charge is -2.08. The van der Waals surface area contributed by atoms with Crippen LogP contribution in [0.1, 0.15) is 27.3 Å². The molecule has 0 aliphatic heterocycles. The van der Waals surface area contributed by atoms with Crippen LogP contribution in [0.5, 0.6) is 17.2 Å². The second-order valence-corrected chi connectivity index (χ2v) is 7.26. The minimum atomic E-state index is -0.313. The largest absolute Gasteiger partial charge is 0.497 e. The summed E-state index contributed by atoms with van der Waals surface area (Å²) in [5.41, 5.74) is 6.42. The van der Waals surface area contributed by atoms with Gasteiger partial charge >= 0.3 is 0 Å². The molecule has 0 saturated heterocycles. The molecule has 0 saturated carbocycles. The van der Waals surface area contributed by atoms with Gasteiger partial charge in [0, 0.05) is 12.0 Å². The zero-order chi connectivity index (χ0) is 23.2. The Morgan fingerprint density at radius 2 is 1.85 bits per heavy atom. The second kappa shape index (κ2) is 9.86. The number of ether oxygens (including phenoxy) is 3.